The molecule has 0 aliphatic carbocycles. The molecule has 0 unspecified atom stereocenters. The Balaban J connectivity index is 1.82. The van der Waals surface area contributed by atoms with Crippen molar-refractivity contribution >= 4 is 18.4 Å². The Bertz CT molecular complexity index is 927. The molecule has 0 aliphatic heterocycles. The lowest BCUT2D eigenvalue weighted by Crippen LogP contribution is -2.10. The van der Waals surface area contributed by atoms with Crippen LogP contribution in [-0.2, 0) is 0 Å². The third-order valence-corrected chi connectivity index (χ3v) is 3.92. The second-order valence-electron chi connectivity index (χ2n) is 5.36. The van der Waals surface area contributed by atoms with Crippen molar-refractivity contribution in [3.63, 3.8) is 0 Å². The highest BCUT2D eigenvalue weighted by Crippen LogP contribution is 2.20. The summed E-state index contributed by atoms with van der Waals surface area (Å²) < 4.78 is 7.52. The minimum Gasteiger partial charge on any atom is -0.494 e. The predicted molar refractivity (Wildman–Crippen MR) is 102 cm³/mol. The average molecular weight is 353 g/mol. The number of aromatic amines is 1. The van der Waals surface area contributed by atoms with E-state index in [1.165, 1.54) is 0 Å². The van der Waals surface area contributed by atoms with Crippen molar-refractivity contribution < 1.29 is 4.74 Å². The predicted octanol–water partition coefficient (Wildman–Crippen LogP) is 3.89. The maximum absolute atomic E-state index is 5.46. The molecule has 2 aromatic carbocycles. The highest BCUT2D eigenvalue weighted by Gasteiger charge is 2.08. The summed E-state index contributed by atoms with van der Waals surface area (Å²) in [4.78, 5) is 0. The first-order chi connectivity index (χ1) is 12.2. The van der Waals surface area contributed by atoms with Crippen LogP contribution in [0.5, 0.6) is 5.75 Å². The van der Waals surface area contributed by atoms with Crippen molar-refractivity contribution in [3.05, 3.63) is 64.4 Å². The van der Waals surface area contributed by atoms with Crippen LogP contribution in [0.3, 0.4) is 0 Å². The molecule has 3 aromatic rings. The number of hydrogen-bond donors (Lipinski definition) is 2. The van der Waals surface area contributed by atoms with E-state index >= 15 is 0 Å². The van der Waals surface area contributed by atoms with Crippen LogP contribution in [0, 0.1) is 11.7 Å². The van der Waals surface area contributed by atoms with Crippen molar-refractivity contribution in [2.75, 3.05) is 12.1 Å². The number of rotatable bonds is 6. The largest absolute Gasteiger partial charge is 0.494 e. The fourth-order valence-electron chi connectivity index (χ4n) is 2.34. The Kier molecular flexibility index (Phi) is 5.25. The lowest BCUT2D eigenvalue weighted by atomic mass is 10.1. The van der Waals surface area contributed by atoms with Crippen molar-refractivity contribution in [3.8, 4) is 17.1 Å². The van der Waals surface area contributed by atoms with E-state index < -0.39 is 0 Å². The molecule has 0 amide bonds. The van der Waals surface area contributed by atoms with E-state index in [0.717, 1.165) is 22.4 Å². The Labute approximate surface area is 151 Å². The molecule has 25 heavy (non-hydrogen) atoms. The number of aromatic nitrogens is 3. The summed E-state index contributed by atoms with van der Waals surface area (Å²) in [6.07, 6.45) is 1.76. The van der Waals surface area contributed by atoms with Crippen molar-refractivity contribution in [2.45, 2.75) is 13.8 Å². The number of benzene rings is 2. The summed E-state index contributed by atoms with van der Waals surface area (Å²) in [5, 5.41) is 11.3. The number of hydrazone groups is 1. The Morgan fingerprint density at radius 1 is 1.24 bits per heavy atom. The normalized spacial score (nSPS) is 11.0. The molecule has 0 saturated carbocycles. The molecule has 3 rings (SSSR count). The zero-order valence-corrected chi connectivity index (χ0v) is 14.9. The number of hydrogen-bond acceptors (Lipinski definition) is 5. The summed E-state index contributed by atoms with van der Waals surface area (Å²) in [7, 11) is 0. The van der Waals surface area contributed by atoms with Crippen LogP contribution in [-0.4, -0.2) is 27.7 Å². The Morgan fingerprint density at radius 2 is 2.00 bits per heavy atom. The number of nitrogens with one attached hydrogen (secondary N) is 2. The first-order valence-electron chi connectivity index (χ1n) is 7.94. The summed E-state index contributed by atoms with van der Waals surface area (Å²) in [6.45, 7) is 4.62. The molecule has 6 nitrogen and oxygen atoms in total. The number of ether oxygens (including phenoxy) is 1. The van der Waals surface area contributed by atoms with E-state index in [1.54, 1.807) is 10.9 Å². The van der Waals surface area contributed by atoms with E-state index in [-0.39, 0.29) is 0 Å². The zero-order chi connectivity index (χ0) is 17.6. The minimum absolute atomic E-state index is 0.436. The highest BCUT2D eigenvalue weighted by molar-refractivity contribution is 7.71. The lowest BCUT2D eigenvalue weighted by molar-refractivity contribution is 0.340. The van der Waals surface area contributed by atoms with E-state index in [9.17, 15) is 0 Å². The summed E-state index contributed by atoms with van der Waals surface area (Å²) in [5.74, 6) is 1.47. The molecule has 7 heteroatoms. The molecule has 0 atom stereocenters. The Hall–Kier alpha value is -2.93. The van der Waals surface area contributed by atoms with Crippen LogP contribution in [0.2, 0.25) is 0 Å². The van der Waals surface area contributed by atoms with Gasteiger partial charge in [-0.25, -0.2) is 10.6 Å². The third-order valence-electron chi connectivity index (χ3n) is 3.65. The van der Waals surface area contributed by atoms with Crippen molar-refractivity contribution in [1.29, 1.82) is 0 Å². The molecular weight excluding hydrogens is 334 g/mol. The molecule has 0 fully saturated rings. The highest BCUT2D eigenvalue weighted by atomic mass is 32.1. The van der Waals surface area contributed by atoms with E-state index in [4.69, 9.17) is 17.0 Å². The first-order valence-corrected chi connectivity index (χ1v) is 8.35. The summed E-state index contributed by atoms with van der Waals surface area (Å²) in [6, 6.07) is 15.7. The Morgan fingerprint density at radius 3 is 2.72 bits per heavy atom. The van der Waals surface area contributed by atoms with Gasteiger partial charge in [-0.3, -0.25) is 0 Å². The van der Waals surface area contributed by atoms with E-state index in [2.05, 4.69) is 20.8 Å². The lowest BCUT2D eigenvalue weighted by Gasteiger charge is -2.07. The molecule has 0 saturated heterocycles. The number of H-pyrrole nitrogens is 1. The molecule has 0 radical (unpaired) electrons. The second-order valence-corrected chi connectivity index (χ2v) is 5.75. The van der Waals surface area contributed by atoms with Gasteiger partial charge in [0, 0.05) is 5.56 Å². The van der Waals surface area contributed by atoms with Gasteiger partial charge in [0.2, 0.25) is 4.77 Å². The second kappa shape index (κ2) is 7.76. The van der Waals surface area contributed by atoms with Gasteiger partial charge in [0.1, 0.15) is 5.75 Å². The number of aryl methyl sites for hydroxylation is 1. The van der Waals surface area contributed by atoms with Crippen LogP contribution < -0.4 is 10.3 Å². The molecule has 1 heterocycles. The zero-order valence-electron chi connectivity index (χ0n) is 14.1. The van der Waals surface area contributed by atoms with Gasteiger partial charge >= 0.3 is 0 Å². The minimum atomic E-state index is 0.436. The molecule has 0 aliphatic rings. The van der Waals surface area contributed by atoms with Gasteiger partial charge in [0.05, 0.1) is 12.8 Å². The summed E-state index contributed by atoms with van der Waals surface area (Å²) >= 11 is 5.28. The fraction of sp³-hybridized carbons (Fsp3) is 0.167. The maximum atomic E-state index is 5.46. The summed E-state index contributed by atoms with van der Waals surface area (Å²) in [5.41, 5.74) is 6.01. The SMILES string of the molecule is CCOc1ccc(-c2n[nH]c(=S)n2N/N=C/c2ccccc2C)cc1. The van der Waals surface area contributed by atoms with Crippen LogP contribution in [0.25, 0.3) is 11.4 Å². The van der Waals surface area contributed by atoms with Gasteiger partial charge in [0.15, 0.2) is 5.82 Å². The quantitative estimate of drug-likeness (QED) is 0.401. The van der Waals surface area contributed by atoms with Crippen LogP contribution in [0.1, 0.15) is 18.1 Å². The van der Waals surface area contributed by atoms with Gasteiger partial charge in [-0.1, -0.05) is 24.3 Å². The maximum Gasteiger partial charge on any atom is 0.216 e. The van der Waals surface area contributed by atoms with Crippen molar-refractivity contribution in [1.82, 2.24) is 14.9 Å². The molecule has 1 aromatic heterocycles. The first kappa shape index (κ1) is 16.9. The average Bonchev–Trinajstić information content (AvgIpc) is 2.98. The molecule has 128 valence electrons. The molecule has 0 spiro atoms. The van der Waals surface area contributed by atoms with Crippen LogP contribution in [0.4, 0.5) is 0 Å². The monoisotopic (exact) mass is 353 g/mol. The molecule has 0 bridgehead atoms. The number of nitrogens with zero attached hydrogens (tertiary/aromatic N) is 3. The van der Waals surface area contributed by atoms with Gasteiger partial charge < -0.3 is 4.74 Å². The topological polar surface area (TPSA) is 67.2 Å². The van der Waals surface area contributed by atoms with E-state index in [1.807, 2.05) is 62.4 Å². The molecule has 2 N–H and O–H groups in total. The van der Waals surface area contributed by atoms with Crippen LogP contribution in [0.15, 0.2) is 53.6 Å². The van der Waals surface area contributed by atoms with Gasteiger partial charge in [-0.15, -0.1) is 0 Å². The van der Waals surface area contributed by atoms with Gasteiger partial charge in [-0.05, 0) is 61.5 Å². The van der Waals surface area contributed by atoms with Crippen molar-refractivity contribution in [2.24, 2.45) is 5.10 Å². The smallest absolute Gasteiger partial charge is 0.216 e. The van der Waals surface area contributed by atoms with Gasteiger partial charge in [-0.2, -0.15) is 14.9 Å². The van der Waals surface area contributed by atoms with E-state index in [0.29, 0.717) is 17.2 Å². The van der Waals surface area contributed by atoms with Gasteiger partial charge in [0.25, 0.3) is 0 Å². The standard InChI is InChI=1S/C18H19N5OS/c1-3-24-16-10-8-14(9-11-16)17-20-21-18(25)23(17)22-19-12-15-7-5-4-6-13(15)2/h4-12,22H,3H2,1-2H3,(H,21,25)/b19-12+. The third kappa shape index (κ3) is 3.95. The van der Waals surface area contributed by atoms with Crippen LogP contribution >= 0.6 is 12.2 Å². The molecular formula is C18H19N5OS. The fourth-order valence-corrected chi connectivity index (χ4v) is 2.51.